The van der Waals surface area contributed by atoms with Crippen molar-refractivity contribution in [2.24, 2.45) is 0 Å². The van der Waals surface area contributed by atoms with Gasteiger partial charge in [-0.2, -0.15) is 0 Å². The van der Waals surface area contributed by atoms with Crippen molar-refractivity contribution in [1.82, 2.24) is 9.55 Å². The number of nitrogens with two attached hydrogens (primary N) is 1. The van der Waals surface area contributed by atoms with Crippen LogP contribution in [0.3, 0.4) is 0 Å². The monoisotopic (exact) mass is 283 g/mol. The Morgan fingerprint density at radius 3 is 2.71 bits per heavy atom. The van der Waals surface area contributed by atoms with E-state index in [-0.39, 0.29) is 5.69 Å². The molecule has 0 aliphatic rings. The molecule has 2 N–H and O–H groups in total. The van der Waals surface area contributed by atoms with Crippen LogP contribution < -0.4 is 5.73 Å². The van der Waals surface area contributed by atoms with Gasteiger partial charge in [0.25, 0.3) is 0 Å². The molecule has 3 aromatic rings. The lowest BCUT2D eigenvalue weighted by Gasteiger charge is -2.08. The van der Waals surface area contributed by atoms with Crippen molar-refractivity contribution in [2.75, 3.05) is 5.73 Å². The van der Waals surface area contributed by atoms with Crippen LogP contribution in [-0.4, -0.2) is 9.55 Å². The summed E-state index contributed by atoms with van der Waals surface area (Å²) in [6.45, 7) is 5.04. The molecular formula is C17H18FN3. The van der Waals surface area contributed by atoms with E-state index in [0.29, 0.717) is 0 Å². The maximum atomic E-state index is 13.4. The Morgan fingerprint density at radius 1 is 1.19 bits per heavy atom. The van der Waals surface area contributed by atoms with Crippen molar-refractivity contribution in [2.45, 2.75) is 26.8 Å². The summed E-state index contributed by atoms with van der Waals surface area (Å²) in [5.41, 5.74) is 9.92. The van der Waals surface area contributed by atoms with Gasteiger partial charge in [0.05, 0.1) is 16.7 Å². The maximum Gasteiger partial charge on any atom is 0.146 e. The number of halogens is 1. The summed E-state index contributed by atoms with van der Waals surface area (Å²) in [7, 11) is 0. The lowest BCUT2D eigenvalue weighted by atomic mass is 10.2. The molecule has 3 rings (SSSR count). The highest BCUT2D eigenvalue weighted by atomic mass is 19.1. The Labute approximate surface area is 123 Å². The smallest absolute Gasteiger partial charge is 0.146 e. The van der Waals surface area contributed by atoms with Crippen molar-refractivity contribution in [3.63, 3.8) is 0 Å². The number of aryl methyl sites for hydroxylation is 2. The van der Waals surface area contributed by atoms with Crippen LogP contribution in [-0.2, 0) is 6.54 Å². The lowest BCUT2D eigenvalue weighted by molar-refractivity contribution is 0.632. The van der Waals surface area contributed by atoms with Crippen LogP contribution >= 0.6 is 0 Å². The molecule has 4 heteroatoms. The summed E-state index contributed by atoms with van der Waals surface area (Å²) in [6, 6.07) is 11.0. The number of hydrogen-bond acceptors (Lipinski definition) is 2. The number of fused-ring (bicyclic) bond motifs is 1. The zero-order valence-electron chi connectivity index (χ0n) is 12.2. The first-order valence-electron chi connectivity index (χ1n) is 7.12. The standard InChI is InChI=1S/C17H18FN3/c1-3-8-21-16-7-4-11(2)9-15(16)20-17(21)12-5-6-13(18)14(19)10-12/h4-7,9-10H,3,8,19H2,1-2H3. The molecule has 0 saturated heterocycles. The van der Waals surface area contributed by atoms with Crippen LogP contribution in [0.15, 0.2) is 36.4 Å². The van der Waals surface area contributed by atoms with Gasteiger partial charge >= 0.3 is 0 Å². The van der Waals surface area contributed by atoms with Crippen LogP contribution in [0.2, 0.25) is 0 Å². The molecule has 0 aliphatic heterocycles. The molecule has 0 bridgehead atoms. The molecule has 0 saturated carbocycles. The van der Waals surface area contributed by atoms with Crippen molar-refractivity contribution in [3.8, 4) is 11.4 Å². The first-order chi connectivity index (χ1) is 10.1. The largest absolute Gasteiger partial charge is 0.396 e. The molecule has 0 atom stereocenters. The number of aromatic nitrogens is 2. The van der Waals surface area contributed by atoms with Crippen molar-refractivity contribution in [3.05, 3.63) is 47.8 Å². The van der Waals surface area contributed by atoms with Crippen LogP contribution in [0.4, 0.5) is 10.1 Å². The highest BCUT2D eigenvalue weighted by Crippen LogP contribution is 2.27. The second-order valence-corrected chi connectivity index (χ2v) is 5.32. The minimum absolute atomic E-state index is 0.152. The maximum absolute atomic E-state index is 13.4. The van der Waals surface area contributed by atoms with Gasteiger partial charge in [-0.05, 0) is 49.2 Å². The Bertz CT molecular complexity index is 805. The fourth-order valence-corrected chi connectivity index (χ4v) is 2.59. The molecule has 3 nitrogen and oxygen atoms in total. The van der Waals surface area contributed by atoms with Gasteiger partial charge in [-0.3, -0.25) is 0 Å². The molecule has 1 aromatic heterocycles. The van der Waals surface area contributed by atoms with Gasteiger partial charge in [-0.1, -0.05) is 13.0 Å². The van der Waals surface area contributed by atoms with E-state index in [4.69, 9.17) is 10.7 Å². The molecule has 0 aliphatic carbocycles. The molecule has 0 radical (unpaired) electrons. The van der Waals surface area contributed by atoms with Crippen LogP contribution in [0, 0.1) is 12.7 Å². The van der Waals surface area contributed by atoms with Gasteiger partial charge in [-0.25, -0.2) is 9.37 Å². The third-order valence-corrected chi connectivity index (χ3v) is 3.61. The van der Waals surface area contributed by atoms with Crippen molar-refractivity contribution < 1.29 is 4.39 Å². The van der Waals surface area contributed by atoms with Gasteiger partial charge in [0, 0.05) is 12.1 Å². The fraction of sp³-hybridized carbons (Fsp3) is 0.235. The average molecular weight is 283 g/mol. The third-order valence-electron chi connectivity index (χ3n) is 3.61. The summed E-state index contributed by atoms with van der Waals surface area (Å²) in [6.07, 6.45) is 1.00. The number of imidazole rings is 1. The summed E-state index contributed by atoms with van der Waals surface area (Å²) in [5, 5.41) is 0. The molecular weight excluding hydrogens is 265 g/mol. The van der Waals surface area contributed by atoms with Crippen LogP contribution in [0.1, 0.15) is 18.9 Å². The van der Waals surface area contributed by atoms with E-state index in [1.54, 1.807) is 12.1 Å². The van der Waals surface area contributed by atoms with E-state index in [1.807, 2.05) is 6.92 Å². The quantitative estimate of drug-likeness (QED) is 0.734. The number of anilines is 1. The van der Waals surface area contributed by atoms with Gasteiger partial charge in [0.2, 0.25) is 0 Å². The minimum Gasteiger partial charge on any atom is -0.396 e. The predicted molar refractivity (Wildman–Crippen MR) is 84.6 cm³/mol. The zero-order chi connectivity index (χ0) is 15.0. The third kappa shape index (κ3) is 2.37. The Kier molecular flexibility index (Phi) is 3.37. The Hall–Kier alpha value is -2.36. The molecule has 2 aromatic carbocycles. The SMILES string of the molecule is CCCn1c(-c2ccc(F)c(N)c2)nc2cc(C)ccc21. The Morgan fingerprint density at radius 2 is 2.00 bits per heavy atom. The molecule has 0 amide bonds. The number of rotatable bonds is 3. The van der Waals surface area contributed by atoms with Gasteiger partial charge in [-0.15, -0.1) is 0 Å². The second kappa shape index (κ2) is 5.20. The topological polar surface area (TPSA) is 43.8 Å². The molecule has 21 heavy (non-hydrogen) atoms. The number of nitrogen functional groups attached to an aromatic ring is 1. The number of hydrogen-bond donors (Lipinski definition) is 1. The summed E-state index contributed by atoms with van der Waals surface area (Å²) in [5.74, 6) is 0.442. The number of nitrogens with zero attached hydrogens (tertiary/aromatic N) is 2. The van der Waals surface area contributed by atoms with E-state index in [0.717, 1.165) is 35.4 Å². The number of benzene rings is 2. The fourth-order valence-electron chi connectivity index (χ4n) is 2.59. The molecule has 0 unspecified atom stereocenters. The van der Waals surface area contributed by atoms with Gasteiger partial charge in [0.15, 0.2) is 0 Å². The summed E-state index contributed by atoms with van der Waals surface area (Å²) < 4.78 is 15.5. The Balaban J connectivity index is 2.24. The first-order valence-corrected chi connectivity index (χ1v) is 7.12. The summed E-state index contributed by atoms with van der Waals surface area (Å²) >= 11 is 0. The van der Waals surface area contributed by atoms with Crippen LogP contribution in [0.5, 0.6) is 0 Å². The first kappa shape index (κ1) is 13.6. The van der Waals surface area contributed by atoms with Crippen molar-refractivity contribution in [1.29, 1.82) is 0 Å². The molecule has 0 spiro atoms. The van der Waals surface area contributed by atoms with E-state index < -0.39 is 5.82 Å². The average Bonchev–Trinajstić information content (AvgIpc) is 2.80. The molecule has 1 heterocycles. The predicted octanol–water partition coefficient (Wildman–Crippen LogP) is 4.14. The normalized spacial score (nSPS) is 11.2. The zero-order valence-corrected chi connectivity index (χ0v) is 12.2. The van der Waals surface area contributed by atoms with E-state index >= 15 is 0 Å². The van der Waals surface area contributed by atoms with Crippen molar-refractivity contribution >= 4 is 16.7 Å². The highest BCUT2D eigenvalue weighted by molar-refractivity contribution is 5.81. The van der Waals surface area contributed by atoms with Gasteiger partial charge in [0.1, 0.15) is 11.6 Å². The van der Waals surface area contributed by atoms with Gasteiger partial charge < -0.3 is 10.3 Å². The second-order valence-electron chi connectivity index (χ2n) is 5.32. The summed E-state index contributed by atoms with van der Waals surface area (Å²) in [4.78, 5) is 4.72. The van der Waals surface area contributed by atoms with Crippen LogP contribution in [0.25, 0.3) is 22.4 Å². The highest BCUT2D eigenvalue weighted by Gasteiger charge is 2.13. The minimum atomic E-state index is -0.396. The lowest BCUT2D eigenvalue weighted by Crippen LogP contribution is -2.00. The molecule has 108 valence electrons. The van der Waals surface area contributed by atoms with E-state index in [9.17, 15) is 4.39 Å². The van der Waals surface area contributed by atoms with E-state index in [2.05, 4.69) is 29.7 Å². The van der Waals surface area contributed by atoms with E-state index in [1.165, 1.54) is 11.6 Å². The molecule has 0 fully saturated rings.